The third kappa shape index (κ3) is 5.88. The third-order valence-corrected chi connectivity index (χ3v) is 3.41. The van der Waals surface area contributed by atoms with Gasteiger partial charge in [-0.3, -0.25) is 4.79 Å². The highest BCUT2D eigenvalue weighted by Gasteiger charge is 2.09. The Labute approximate surface area is 116 Å². The van der Waals surface area contributed by atoms with Crippen molar-refractivity contribution in [2.24, 2.45) is 5.92 Å². The number of carboxylic acids is 1. The molecule has 0 aliphatic carbocycles. The van der Waals surface area contributed by atoms with Crippen molar-refractivity contribution in [1.82, 2.24) is 5.32 Å². The van der Waals surface area contributed by atoms with Gasteiger partial charge in [-0.15, -0.1) is 0 Å². The van der Waals surface area contributed by atoms with E-state index in [1.54, 1.807) is 6.92 Å². The van der Waals surface area contributed by atoms with Gasteiger partial charge >= 0.3 is 5.97 Å². The van der Waals surface area contributed by atoms with Crippen LogP contribution < -0.4 is 5.32 Å². The lowest BCUT2D eigenvalue weighted by Gasteiger charge is -2.09. The van der Waals surface area contributed by atoms with Crippen LogP contribution in [0.2, 0.25) is 0 Å². The first-order valence-electron chi connectivity index (χ1n) is 7.03. The van der Waals surface area contributed by atoms with Gasteiger partial charge in [-0.05, 0) is 43.0 Å². The van der Waals surface area contributed by atoms with Crippen LogP contribution in [0.1, 0.15) is 44.2 Å². The molecule has 3 nitrogen and oxygen atoms in total. The summed E-state index contributed by atoms with van der Waals surface area (Å²) >= 11 is 0. The largest absolute Gasteiger partial charge is 0.481 e. The van der Waals surface area contributed by atoms with Crippen molar-refractivity contribution >= 4 is 5.97 Å². The van der Waals surface area contributed by atoms with E-state index in [1.807, 2.05) is 0 Å². The Morgan fingerprint density at radius 3 is 2.32 bits per heavy atom. The van der Waals surface area contributed by atoms with E-state index in [-0.39, 0.29) is 5.92 Å². The molecule has 1 aromatic rings. The lowest BCUT2D eigenvalue weighted by atomic mass is 10.0. The molecule has 0 fully saturated rings. The smallest absolute Gasteiger partial charge is 0.306 e. The van der Waals surface area contributed by atoms with Gasteiger partial charge in [-0.1, -0.05) is 45.0 Å². The topological polar surface area (TPSA) is 49.3 Å². The zero-order valence-corrected chi connectivity index (χ0v) is 12.1. The Hall–Kier alpha value is -1.35. The van der Waals surface area contributed by atoms with Crippen LogP contribution in [0, 0.1) is 5.92 Å². The maximum absolute atomic E-state index is 10.6. The SMILES string of the molecule is CC(CCNCCc1ccc(C(C)C)cc1)C(=O)O. The summed E-state index contributed by atoms with van der Waals surface area (Å²) in [6.45, 7) is 7.79. The van der Waals surface area contributed by atoms with Crippen molar-refractivity contribution in [3.63, 3.8) is 0 Å². The lowest BCUT2D eigenvalue weighted by Crippen LogP contribution is -2.22. The molecule has 2 N–H and O–H groups in total. The predicted octanol–water partition coefficient (Wildman–Crippen LogP) is 3.05. The minimum Gasteiger partial charge on any atom is -0.481 e. The van der Waals surface area contributed by atoms with Crippen molar-refractivity contribution in [2.75, 3.05) is 13.1 Å². The van der Waals surface area contributed by atoms with Crippen LogP contribution in [-0.4, -0.2) is 24.2 Å². The molecule has 0 saturated heterocycles. The normalized spacial score (nSPS) is 12.6. The van der Waals surface area contributed by atoms with E-state index < -0.39 is 5.97 Å². The molecule has 0 aliphatic heterocycles. The number of nitrogens with one attached hydrogen (secondary N) is 1. The van der Waals surface area contributed by atoms with Gasteiger partial charge in [0.25, 0.3) is 0 Å². The quantitative estimate of drug-likeness (QED) is 0.709. The van der Waals surface area contributed by atoms with E-state index in [2.05, 4.69) is 43.4 Å². The first-order chi connectivity index (χ1) is 9.00. The van der Waals surface area contributed by atoms with Gasteiger partial charge in [0.1, 0.15) is 0 Å². The molecule has 0 heterocycles. The first-order valence-corrected chi connectivity index (χ1v) is 7.03. The molecule has 0 aromatic heterocycles. The predicted molar refractivity (Wildman–Crippen MR) is 78.5 cm³/mol. The van der Waals surface area contributed by atoms with Gasteiger partial charge in [0, 0.05) is 0 Å². The molecule has 1 rings (SSSR count). The summed E-state index contributed by atoms with van der Waals surface area (Å²) in [6, 6.07) is 8.73. The minimum atomic E-state index is -0.717. The minimum absolute atomic E-state index is 0.266. The molecule has 1 aromatic carbocycles. The summed E-state index contributed by atoms with van der Waals surface area (Å²) < 4.78 is 0. The van der Waals surface area contributed by atoms with Gasteiger partial charge in [0.05, 0.1) is 5.92 Å². The van der Waals surface area contributed by atoms with Gasteiger partial charge in [-0.25, -0.2) is 0 Å². The second-order valence-electron chi connectivity index (χ2n) is 5.42. The van der Waals surface area contributed by atoms with E-state index >= 15 is 0 Å². The van der Waals surface area contributed by atoms with Crippen molar-refractivity contribution < 1.29 is 9.90 Å². The molecule has 106 valence electrons. The number of rotatable bonds is 8. The Kier molecular flexibility index (Phi) is 6.57. The van der Waals surface area contributed by atoms with E-state index in [1.165, 1.54) is 11.1 Å². The molecule has 1 unspecified atom stereocenters. The Balaban J connectivity index is 2.21. The van der Waals surface area contributed by atoms with E-state index in [4.69, 9.17) is 5.11 Å². The Morgan fingerprint density at radius 1 is 1.16 bits per heavy atom. The van der Waals surface area contributed by atoms with Gasteiger partial charge in [0.2, 0.25) is 0 Å². The Bertz CT molecular complexity index is 384. The summed E-state index contributed by atoms with van der Waals surface area (Å²) in [5.74, 6) is -0.409. The van der Waals surface area contributed by atoms with Crippen molar-refractivity contribution in [3.8, 4) is 0 Å². The molecule has 19 heavy (non-hydrogen) atoms. The molecule has 0 bridgehead atoms. The number of hydrogen-bond donors (Lipinski definition) is 2. The molecule has 0 radical (unpaired) electrons. The molecular weight excluding hydrogens is 238 g/mol. The lowest BCUT2D eigenvalue weighted by molar-refractivity contribution is -0.141. The third-order valence-electron chi connectivity index (χ3n) is 3.41. The van der Waals surface area contributed by atoms with E-state index in [0.29, 0.717) is 12.3 Å². The zero-order chi connectivity index (χ0) is 14.3. The average molecular weight is 263 g/mol. The number of carbonyl (C=O) groups is 1. The van der Waals surface area contributed by atoms with Gasteiger partial charge in [0.15, 0.2) is 0 Å². The second-order valence-corrected chi connectivity index (χ2v) is 5.42. The average Bonchev–Trinajstić information content (AvgIpc) is 2.38. The number of benzene rings is 1. The van der Waals surface area contributed by atoms with Crippen LogP contribution in [0.3, 0.4) is 0 Å². The van der Waals surface area contributed by atoms with E-state index in [9.17, 15) is 4.79 Å². The van der Waals surface area contributed by atoms with Crippen LogP contribution >= 0.6 is 0 Å². The monoisotopic (exact) mass is 263 g/mol. The van der Waals surface area contributed by atoms with Crippen molar-refractivity contribution in [1.29, 1.82) is 0 Å². The standard InChI is InChI=1S/C16H25NO2/c1-12(2)15-6-4-14(5-7-15)9-11-17-10-8-13(3)16(18)19/h4-7,12-13,17H,8-11H2,1-3H3,(H,18,19). The fourth-order valence-electron chi connectivity index (χ4n) is 1.87. The van der Waals surface area contributed by atoms with Crippen molar-refractivity contribution in [3.05, 3.63) is 35.4 Å². The maximum atomic E-state index is 10.6. The van der Waals surface area contributed by atoms with Gasteiger partial charge < -0.3 is 10.4 Å². The highest BCUT2D eigenvalue weighted by atomic mass is 16.4. The van der Waals surface area contributed by atoms with Crippen LogP contribution in [-0.2, 0) is 11.2 Å². The molecular formula is C16H25NO2. The van der Waals surface area contributed by atoms with Gasteiger partial charge in [-0.2, -0.15) is 0 Å². The summed E-state index contributed by atoms with van der Waals surface area (Å²) in [6.07, 6.45) is 1.67. The molecule has 3 heteroatoms. The van der Waals surface area contributed by atoms with Crippen LogP contribution in [0.25, 0.3) is 0 Å². The summed E-state index contributed by atoms with van der Waals surface area (Å²) in [5.41, 5.74) is 2.69. The Morgan fingerprint density at radius 2 is 1.79 bits per heavy atom. The molecule has 1 atom stereocenters. The number of carboxylic acid groups (broad SMARTS) is 1. The summed E-state index contributed by atoms with van der Waals surface area (Å²) in [7, 11) is 0. The van der Waals surface area contributed by atoms with Crippen LogP contribution in [0.15, 0.2) is 24.3 Å². The number of hydrogen-bond acceptors (Lipinski definition) is 2. The fourth-order valence-corrected chi connectivity index (χ4v) is 1.87. The van der Waals surface area contributed by atoms with Crippen LogP contribution in [0.5, 0.6) is 0 Å². The maximum Gasteiger partial charge on any atom is 0.306 e. The highest BCUT2D eigenvalue weighted by molar-refractivity contribution is 5.69. The number of aliphatic carboxylic acids is 1. The van der Waals surface area contributed by atoms with E-state index in [0.717, 1.165) is 19.5 Å². The van der Waals surface area contributed by atoms with Crippen LogP contribution in [0.4, 0.5) is 0 Å². The fraction of sp³-hybridized carbons (Fsp3) is 0.562. The molecule has 0 saturated carbocycles. The second kappa shape index (κ2) is 7.95. The molecule has 0 aliphatic rings. The molecule has 0 spiro atoms. The summed E-state index contributed by atoms with van der Waals surface area (Å²) in [5, 5.41) is 12.1. The van der Waals surface area contributed by atoms with Crippen molar-refractivity contribution in [2.45, 2.75) is 39.5 Å². The zero-order valence-electron chi connectivity index (χ0n) is 12.1. The highest BCUT2D eigenvalue weighted by Crippen LogP contribution is 2.14. The summed E-state index contributed by atoms with van der Waals surface area (Å²) in [4.78, 5) is 10.6. The molecule has 0 amide bonds. The first kappa shape index (κ1) is 15.7.